The minimum absolute atomic E-state index is 0.208. The van der Waals surface area contributed by atoms with E-state index in [1.54, 1.807) is 0 Å². The number of hydrogen-bond acceptors (Lipinski definition) is 7. The number of hydrogen-bond donors (Lipinski definition) is 2. The number of carboxylic acids is 1. The summed E-state index contributed by atoms with van der Waals surface area (Å²) in [6.07, 6.45) is 7.76. The predicted molar refractivity (Wildman–Crippen MR) is 130 cm³/mol. The molecule has 3 aliphatic carbocycles. The Bertz CT molecular complexity index is 1360. The van der Waals surface area contributed by atoms with E-state index in [9.17, 15) is 9.90 Å². The molecule has 7 nitrogen and oxygen atoms in total. The highest BCUT2D eigenvalue weighted by Crippen LogP contribution is 2.59. The second kappa shape index (κ2) is 7.70. The van der Waals surface area contributed by atoms with Gasteiger partial charge in [0.15, 0.2) is 11.5 Å². The first-order valence-electron chi connectivity index (χ1n) is 12.1. The molecule has 4 aliphatic rings. The minimum atomic E-state index is -0.681. The summed E-state index contributed by atoms with van der Waals surface area (Å²) in [6, 6.07) is 6.02. The number of nitrogens with zero attached hydrogens (tertiary/aromatic N) is 2. The van der Waals surface area contributed by atoms with Gasteiger partial charge in [0.25, 0.3) is 0 Å². The topological polar surface area (TPSA) is 93.6 Å². The van der Waals surface area contributed by atoms with Crippen LogP contribution in [0.4, 0.5) is 5.82 Å². The smallest absolute Gasteiger partial charge is 0.306 e. The van der Waals surface area contributed by atoms with Crippen molar-refractivity contribution in [3.63, 3.8) is 0 Å². The summed E-state index contributed by atoms with van der Waals surface area (Å²) in [5.41, 5.74) is 3.91. The highest BCUT2D eigenvalue weighted by molar-refractivity contribution is 7.19. The van der Waals surface area contributed by atoms with E-state index in [1.807, 2.05) is 29.5 Å². The molecule has 1 aromatic carbocycles. The third-order valence-electron chi connectivity index (χ3n) is 7.73. The summed E-state index contributed by atoms with van der Waals surface area (Å²) >= 11 is 1.82. The minimum Gasteiger partial charge on any atom is -0.481 e. The highest BCUT2D eigenvalue weighted by Gasteiger charge is 2.40. The molecular weight excluding hydrogens is 450 g/mol. The number of aromatic nitrogens is 2. The van der Waals surface area contributed by atoms with Gasteiger partial charge in [-0.1, -0.05) is 12.1 Å². The van der Waals surface area contributed by atoms with Crippen LogP contribution in [0.2, 0.25) is 0 Å². The number of aliphatic carboxylic acids is 1. The summed E-state index contributed by atoms with van der Waals surface area (Å²) in [7, 11) is 0. The van der Waals surface area contributed by atoms with E-state index in [0.29, 0.717) is 25.3 Å². The molecule has 1 atom stereocenters. The van der Waals surface area contributed by atoms with Crippen molar-refractivity contribution in [3.8, 4) is 11.5 Å². The van der Waals surface area contributed by atoms with Gasteiger partial charge in [0, 0.05) is 28.8 Å². The second-order valence-corrected chi connectivity index (χ2v) is 10.7. The number of anilines is 1. The molecule has 2 aromatic heterocycles. The number of nitrogens with one attached hydrogen (secondary N) is 1. The molecule has 2 N–H and O–H groups in total. The van der Waals surface area contributed by atoms with Crippen LogP contribution < -0.4 is 14.8 Å². The van der Waals surface area contributed by atoms with Gasteiger partial charge in [0.2, 0.25) is 6.79 Å². The van der Waals surface area contributed by atoms with E-state index < -0.39 is 5.97 Å². The van der Waals surface area contributed by atoms with Crippen LogP contribution in [0.1, 0.15) is 72.2 Å². The highest BCUT2D eigenvalue weighted by atomic mass is 32.1. The Morgan fingerprint density at radius 1 is 1.12 bits per heavy atom. The maximum Gasteiger partial charge on any atom is 0.306 e. The Kier molecular flexibility index (Phi) is 4.59. The summed E-state index contributed by atoms with van der Waals surface area (Å²) in [4.78, 5) is 24.0. The van der Waals surface area contributed by atoms with Crippen molar-refractivity contribution in [1.29, 1.82) is 0 Å². The molecule has 0 bridgehead atoms. The average Bonchev–Trinajstić information content (AvgIpc) is 3.56. The van der Waals surface area contributed by atoms with Gasteiger partial charge in [0.1, 0.15) is 16.5 Å². The Morgan fingerprint density at radius 3 is 2.82 bits per heavy atom. The van der Waals surface area contributed by atoms with Crippen molar-refractivity contribution >= 4 is 38.9 Å². The quantitative estimate of drug-likeness (QED) is 0.491. The largest absolute Gasteiger partial charge is 0.481 e. The van der Waals surface area contributed by atoms with Crippen molar-refractivity contribution in [2.24, 2.45) is 5.92 Å². The van der Waals surface area contributed by atoms with E-state index >= 15 is 0 Å². The van der Waals surface area contributed by atoms with Crippen molar-refractivity contribution < 1.29 is 19.4 Å². The lowest BCUT2D eigenvalue weighted by Gasteiger charge is -2.27. The molecule has 0 spiro atoms. The van der Waals surface area contributed by atoms with Crippen LogP contribution in [0.25, 0.3) is 15.8 Å². The van der Waals surface area contributed by atoms with Crippen LogP contribution in [0.15, 0.2) is 24.3 Å². The van der Waals surface area contributed by atoms with Crippen molar-refractivity contribution in [2.75, 3.05) is 12.1 Å². The van der Waals surface area contributed by atoms with E-state index in [-0.39, 0.29) is 18.6 Å². The fourth-order valence-electron chi connectivity index (χ4n) is 5.89. The number of thiophene rings is 1. The normalized spacial score (nSPS) is 24.4. The number of benzene rings is 1. The maximum atomic E-state index is 11.4. The second-order valence-electron chi connectivity index (χ2n) is 9.67. The van der Waals surface area contributed by atoms with E-state index in [2.05, 4.69) is 11.4 Å². The zero-order valence-electron chi connectivity index (χ0n) is 18.7. The zero-order valence-corrected chi connectivity index (χ0v) is 19.5. The van der Waals surface area contributed by atoms with Gasteiger partial charge in [-0.05, 0) is 61.8 Å². The van der Waals surface area contributed by atoms with Crippen LogP contribution in [0, 0.1) is 5.92 Å². The predicted octanol–water partition coefficient (Wildman–Crippen LogP) is 5.66. The molecule has 174 valence electrons. The van der Waals surface area contributed by atoms with Crippen molar-refractivity contribution in [1.82, 2.24) is 9.97 Å². The number of fused-ring (bicyclic) bond motifs is 7. The number of rotatable bonds is 5. The maximum absolute atomic E-state index is 11.4. The number of carboxylic acid groups (broad SMARTS) is 1. The molecular formula is C26H25N3O4S. The number of carbonyl (C=O) groups is 1. The van der Waals surface area contributed by atoms with E-state index in [0.717, 1.165) is 58.2 Å². The number of allylic oxidation sites excluding steroid dienone is 2. The number of ether oxygens (including phenoxy) is 2. The van der Waals surface area contributed by atoms with Crippen LogP contribution in [0.5, 0.6) is 11.5 Å². The zero-order chi connectivity index (χ0) is 22.8. The fraction of sp³-hybridized carbons (Fsp3) is 0.423. The van der Waals surface area contributed by atoms with Gasteiger partial charge >= 0.3 is 5.97 Å². The summed E-state index contributed by atoms with van der Waals surface area (Å²) in [5.74, 6) is 3.17. The lowest BCUT2D eigenvalue weighted by molar-refractivity contribution is -0.142. The van der Waals surface area contributed by atoms with Gasteiger partial charge in [0.05, 0.1) is 11.3 Å². The Morgan fingerprint density at radius 2 is 1.97 bits per heavy atom. The van der Waals surface area contributed by atoms with Gasteiger partial charge in [-0.3, -0.25) is 4.79 Å². The summed E-state index contributed by atoms with van der Waals surface area (Å²) in [5, 5.41) is 14.1. The molecule has 3 aromatic rings. The lowest BCUT2D eigenvalue weighted by Crippen LogP contribution is -2.21. The standard InChI is InChI=1S/C26H25N3O4S/c30-26(31)15-7-5-14(6-8-15)23-28-24(27-11-13-4-9-18-19(10-13)33-12-32-18)21-20-16-2-1-3-17(16)22(20)34-25(21)29-23/h2,4,9-10,14-15,17H,1,3,5-8,11-12H2,(H,30,31)(H,27,28,29). The third kappa shape index (κ3) is 3.11. The molecule has 34 heavy (non-hydrogen) atoms. The van der Waals surface area contributed by atoms with Crippen LogP contribution >= 0.6 is 11.3 Å². The molecule has 0 radical (unpaired) electrons. The van der Waals surface area contributed by atoms with Gasteiger partial charge < -0.3 is 19.9 Å². The molecule has 0 amide bonds. The van der Waals surface area contributed by atoms with Crippen LogP contribution in [-0.4, -0.2) is 27.8 Å². The Hall–Kier alpha value is -3.13. The molecule has 3 heterocycles. The Labute approximate surface area is 200 Å². The van der Waals surface area contributed by atoms with Crippen LogP contribution in [0.3, 0.4) is 0 Å². The van der Waals surface area contributed by atoms with Crippen molar-refractivity contribution in [2.45, 2.75) is 56.9 Å². The monoisotopic (exact) mass is 475 g/mol. The first-order valence-corrected chi connectivity index (χ1v) is 12.9. The molecule has 1 saturated carbocycles. The lowest BCUT2D eigenvalue weighted by atomic mass is 9.79. The third-order valence-corrected chi connectivity index (χ3v) is 8.93. The van der Waals surface area contributed by atoms with Crippen molar-refractivity contribution in [3.05, 3.63) is 46.1 Å². The van der Waals surface area contributed by atoms with Crippen LogP contribution in [-0.2, 0) is 11.3 Å². The van der Waals surface area contributed by atoms with E-state index in [1.165, 1.54) is 22.4 Å². The molecule has 8 heteroatoms. The molecule has 1 aliphatic heterocycles. The first-order chi connectivity index (χ1) is 16.7. The summed E-state index contributed by atoms with van der Waals surface area (Å²) in [6.45, 7) is 0.893. The molecule has 7 rings (SSSR count). The summed E-state index contributed by atoms with van der Waals surface area (Å²) < 4.78 is 11.0. The molecule has 0 saturated heterocycles. The SMILES string of the molecule is O=C(O)C1CCC(c2nc(NCc3ccc4c(c3)OCO4)c3c4c(sc3n2)C2CCC=C42)CC1. The fourth-order valence-corrected chi connectivity index (χ4v) is 7.24. The Balaban J connectivity index is 1.24. The van der Waals surface area contributed by atoms with E-state index in [4.69, 9.17) is 19.4 Å². The molecule has 1 fully saturated rings. The molecule has 1 unspecified atom stereocenters. The van der Waals surface area contributed by atoms with Gasteiger partial charge in [-0.25, -0.2) is 9.97 Å². The average molecular weight is 476 g/mol. The van der Waals surface area contributed by atoms with Gasteiger partial charge in [-0.2, -0.15) is 0 Å². The first kappa shape index (κ1) is 20.3. The van der Waals surface area contributed by atoms with Gasteiger partial charge in [-0.15, -0.1) is 11.3 Å².